The van der Waals surface area contributed by atoms with E-state index in [1.54, 1.807) is 0 Å². The summed E-state index contributed by atoms with van der Waals surface area (Å²) in [7, 11) is 0. The Hall–Kier alpha value is -3.58. The lowest BCUT2D eigenvalue weighted by Gasteiger charge is -2.42. The van der Waals surface area contributed by atoms with Crippen LogP contribution in [0.25, 0.3) is 5.70 Å². The highest BCUT2D eigenvalue weighted by Gasteiger charge is 2.50. The Bertz CT molecular complexity index is 1160. The molecule has 0 radical (unpaired) electrons. The van der Waals surface area contributed by atoms with Gasteiger partial charge >= 0.3 is 0 Å². The zero-order valence-electron chi connectivity index (χ0n) is 17.5. The molecule has 30 heavy (non-hydrogen) atoms. The van der Waals surface area contributed by atoms with Crippen LogP contribution in [-0.4, -0.2) is 0 Å². The van der Waals surface area contributed by atoms with Crippen LogP contribution in [0.1, 0.15) is 33.4 Å². The van der Waals surface area contributed by atoms with E-state index in [9.17, 15) is 0 Å². The summed E-state index contributed by atoms with van der Waals surface area (Å²) < 4.78 is 0. The average molecular weight is 388 g/mol. The smallest absolute Gasteiger partial charge is 0.121 e. The number of hydrogen-bond acceptors (Lipinski definition) is 1. The lowest BCUT2D eigenvalue weighted by atomic mass is 9.76. The van der Waals surface area contributed by atoms with Crippen molar-refractivity contribution in [2.24, 2.45) is 0 Å². The topological polar surface area (TPSA) is 3.24 Å². The molecule has 1 aliphatic heterocycles. The molecule has 1 heterocycles. The van der Waals surface area contributed by atoms with Gasteiger partial charge in [0.25, 0.3) is 0 Å². The van der Waals surface area contributed by atoms with E-state index in [1.807, 2.05) is 0 Å². The predicted molar refractivity (Wildman–Crippen MR) is 127 cm³/mol. The van der Waals surface area contributed by atoms with Gasteiger partial charge in [0.05, 0.1) is 0 Å². The van der Waals surface area contributed by atoms with Crippen molar-refractivity contribution < 1.29 is 0 Å². The van der Waals surface area contributed by atoms with Crippen molar-refractivity contribution in [3.8, 4) is 0 Å². The third-order valence-corrected chi connectivity index (χ3v) is 6.19. The maximum Gasteiger partial charge on any atom is 0.121 e. The first-order valence-electron chi connectivity index (χ1n) is 10.4. The highest BCUT2D eigenvalue weighted by Crippen LogP contribution is 2.54. The van der Waals surface area contributed by atoms with Crippen molar-refractivity contribution >= 4 is 11.4 Å². The molecule has 0 fully saturated rings. The molecule has 146 valence electrons. The number of fused-ring (bicyclic) bond motifs is 1. The van der Waals surface area contributed by atoms with E-state index >= 15 is 0 Å². The monoisotopic (exact) mass is 387 g/mol. The molecule has 0 atom stereocenters. The summed E-state index contributed by atoms with van der Waals surface area (Å²) in [6.07, 6.45) is 0. The van der Waals surface area contributed by atoms with E-state index in [4.69, 9.17) is 0 Å². The molecular weight excluding hydrogens is 362 g/mol. The second-order valence-electron chi connectivity index (χ2n) is 8.11. The van der Waals surface area contributed by atoms with Gasteiger partial charge in [-0.15, -0.1) is 0 Å². The van der Waals surface area contributed by atoms with Gasteiger partial charge in [0.2, 0.25) is 0 Å². The van der Waals surface area contributed by atoms with Gasteiger partial charge < -0.3 is 4.90 Å². The van der Waals surface area contributed by atoms with Gasteiger partial charge in [0.1, 0.15) is 5.54 Å². The van der Waals surface area contributed by atoms with Crippen molar-refractivity contribution in [2.45, 2.75) is 19.4 Å². The molecule has 1 heteroatoms. The molecule has 0 aliphatic carbocycles. The van der Waals surface area contributed by atoms with Gasteiger partial charge in [0, 0.05) is 16.9 Å². The van der Waals surface area contributed by atoms with E-state index in [2.05, 4.69) is 128 Å². The molecule has 0 saturated carbocycles. The van der Waals surface area contributed by atoms with Crippen molar-refractivity contribution in [1.29, 1.82) is 0 Å². The Morgan fingerprint density at radius 2 is 1.10 bits per heavy atom. The molecule has 1 aliphatic rings. The summed E-state index contributed by atoms with van der Waals surface area (Å²) in [4.78, 5) is 2.41. The number of anilines is 1. The van der Waals surface area contributed by atoms with E-state index in [-0.39, 0.29) is 0 Å². The summed E-state index contributed by atoms with van der Waals surface area (Å²) in [5.74, 6) is 0. The fraction of sp³-hybridized carbons (Fsp3) is 0.103. The SMILES string of the molecule is C=C1c2ccccc2C(c2ccc(C)cc2)(c2ccc(C)cc2)N1c1ccccc1. The summed E-state index contributed by atoms with van der Waals surface area (Å²) in [6, 6.07) is 37.2. The Labute approximate surface area is 178 Å². The van der Waals surface area contributed by atoms with Gasteiger partial charge in [-0.1, -0.05) is 109 Å². The number of benzene rings is 4. The first-order valence-corrected chi connectivity index (χ1v) is 10.4. The van der Waals surface area contributed by atoms with Gasteiger partial charge in [-0.25, -0.2) is 0 Å². The molecule has 0 unspecified atom stereocenters. The van der Waals surface area contributed by atoms with Crippen LogP contribution in [0.15, 0.2) is 110 Å². The zero-order valence-corrected chi connectivity index (χ0v) is 17.5. The van der Waals surface area contributed by atoms with Crippen molar-refractivity contribution in [3.05, 3.63) is 143 Å². The van der Waals surface area contributed by atoms with Crippen LogP contribution < -0.4 is 4.90 Å². The van der Waals surface area contributed by atoms with E-state index in [0.717, 1.165) is 11.4 Å². The molecule has 0 aromatic heterocycles. The molecule has 5 rings (SSSR count). The summed E-state index contributed by atoms with van der Waals surface area (Å²) in [5, 5.41) is 0. The first-order chi connectivity index (χ1) is 14.6. The lowest BCUT2D eigenvalue weighted by molar-refractivity contribution is 0.655. The third kappa shape index (κ3) is 2.63. The highest BCUT2D eigenvalue weighted by atomic mass is 15.2. The first kappa shape index (κ1) is 18.4. The largest absolute Gasteiger partial charge is 0.323 e. The number of para-hydroxylation sites is 1. The van der Waals surface area contributed by atoms with Crippen LogP contribution in [0, 0.1) is 13.8 Å². The number of nitrogens with zero attached hydrogens (tertiary/aromatic N) is 1. The minimum atomic E-state index is -0.476. The minimum Gasteiger partial charge on any atom is -0.323 e. The van der Waals surface area contributed by atoms with Crippen molar-refractivity contribution in [2.75, 3.05) is 4.90 Å². The van der Waals surface area contributed by atoms with Gasteiger partial charge in [0.15, 0.2) is 0 Å². The van der Waals surface area contributed by atoms with Crippen LogP contribution in [0.4, 0.5) is 5.69 Å². The number of aryl methyl sites for hydroxylation is 2. The van der Waals surface area contributed by atoms with Gasteiger partial charge in [-0.3, -0.25) is 0 Å². The Morgan fingerprint density at radius 3 is 1.67 bits per heavy atom. The minimum absolute atomic E-state index is 0.476. The Balaban J connectivity index is 1.91. The number of rotatable bonds is 3. The van der Waals surface area contributed by atoms with Crippen molar-refractivity contribution in [3.63, 3.8) is 0 Å². The Morgan fingerprint density at radius 1 is 0.600 bits per heavy atom. The molecule has 0 N–H and O–H groups in total. The van der Waals surface area contributed by atoms with Crippen LogP contribution in [0.5, 0.6) is 0 Å². The van der Waals surface area contributed by atoms with E-state index in [1.165, 1.54) is 33.4 Å². The maximum atomic E-state index is 4.56. The fourth-order valence-corrected chi connectivity index (χ4v) is 4.75. The predicted octanol–water partition coefficient (Wildman–Crippen LogP) is 7.09. The highest BCUT2D eigenvalue weighted by molar-refractivity contribution is 5.91. The zero-order chi connectivity index (χ0) is 20.7. The van der Waals surface area contributed by atoms with Crippen LogP contribution in [0.2, 0.25) is 0 Å². The molecular formula is C29H25N. The van der Waals surface area contributed by atoms with Crippen LogP contribution in [0.3, 0.4) is 0 Å². The van der Waals surface area contributed by atoms with Crippen LogP contribution in [-0.2, 0) is 5.54 Å². The third-order valence-electron chi connectivity index (χ3n) is 6.19. The standard InChI is InChI=1S/C29H25N/c1-21-13-17-24(18-14-21)29(25-19-15-22(2)16-20-25)28-12-8-7-11-27(28)23(3)30(29)26-9-5-4-6-10-26/h4-20H,3H2,1-2H3. The second kappa shape index (κ2) is 7.03. The molecule has 0 bridgehead atoms. The maximum absolute atomic E-state index is 4.56. The summed E-state index contributed by atoms with van der Waals surface area (Å²) >= 11 is 0. The lowest BCUT2D eigenvalue weighted by Crippen LogP contribution is -2.42. The average Bonchev–Trinajstić information content (AvgIpc) is 3.05. The molecule has 4 aromatic rings. The van der Waals surface area contributed by atoms with Crippen molar-refractivity contribution in [1.82, 2.24) is 0 Å². The molecule has 1 nitrogen and oxygen atoms in total. The van der Waals surface area contributed by atoms with Crippen LogP contribution >= 0.6 is 0 Å². The quantitative estimate of drug-likeness (QED) is 0.363. The fourth-order valence-electron chi connectivity index (χ4n) is 4.75. The summed E-state index contributed by atoms with van der Waals surface area (Å²) in [5.41, 5.74) is 9.16. The summed E-state index contributed by atoms with van der Waals surface area (Å²) in [6.45, 7) is 8.84. The molecule has 0 saturated heterocycles. The van der Waals surface area contributed by atoms with E-state index in [0.29, 0.717) is 0 Å². The van der Waals surface area contributed by atoms with Gasteiger partial charge in [-0.05, 0) is 42.7 Å². The molecule has 4 aromatic carbocycles. The van der Waals surface area contributed by atoms with E-state index < -0.39 is 5.54 Å². The normalized spacial score (nSPS) is 14.6. The Kier molecular flexibility index (Phi) is 4.33. The van der Waals surface area contributed by atoms with Gasteiger partial charge in [-0.2, -0.15) is 0 Å². The molecule has 0 spiro atoms. The number of hydrogen-bond donors (Lipinski definition) is 0. The second-order valence-corrected chi connectivity index (χ2v) is 8.11. The molecule has 0 amide bonds.